The van der Waals surface area contributed by atoms with E-state index in [1.807, 2.05) is 0 Å². The molecular formula is C15H32. The highest BCUT2D eigenvalue weighted by Crippen LogP contribution is 2.30. The Hall–Kier alpha value is 0. The molecule has 0 radical (unpaired) electrons. The van der Waals surface area contributed by atoms with Crippen molar-refractivity contribution in [1.82, 2.24) is 0 Å². The lowest BCUT2D eigenvalue weighted by Crippen LogP contribution is -2.18. The molecule has 0 aliphatic heterocycles. The Balaban J connectivity index is 4.00. The summed E-state index contributed by atoms with van der Waals surface area (Å²) in [4.78, 5) is 0. The van der Waals surface area contributed by atoms with Crippen molar-refractivity contribution in [2.24, 2.45) is 23.7 Å². The van der Waals surface area contributed by atoms with E-state index in [9.17, 15) is 0 Å². The quantitative estimate of drug-likeness (QED) is 0.497. The zero-order valence-corrected chi connectivity index (χ0v) is 11.8. The molecule has 0 bridgehead atoms. The van der Waals surface area contributed by atoms with Crippen LogP contribution in [0, 0.1) is 23.7 Å². The molecule has 0 aromatic rings. The van der Waals surface area contributed by atoms with E-state index >= 15 is 0 Å². The zero-order chi connectivity index (χ0) is 11.8. The Morgan fingerprint density at radius 1 is 0.733 bits per heavy atom. The van der Waals surface area contributed by atoms with Crippen LogP contribution < -0.4 is 0 Å². The highest BCUT2D eigenvalue weighted by Gasteiger charge is 2.20. The maximum absolute atomic E-state index is 2.46. The molecule has 92 valence electrons. The van der Waals surface area contributed by atoms with Crippen LogP contribution in [0.25, 0.3) is 0 Å². The third-order valence-electron chi connectivity index (χ3n) is 4.54. The molecule has 0 heteroatoms. The van der Waals surface area contributed by atoms with E-state index in [1.165, 1.54) is 32.1 Å². The summed E-state index contributed by atoms with van der Waals surface area (Å²) >= 11 is 0. The van der Waals surface area contributed by atoms with Crippen molar-refractivity contribution in [3.05, 3.63) is 0 Å². The summed E-state index contributed by atoms with van der Waals surface area (Å²) in [7, 11) is 0. The Morgan fingerprint density at radius 2 is 1.33 bits per heavy atom. The van der Waals surface area contributed by atoms with Gasteiger partial charge in [-0.2, -0.15) is 0 Å². The van der Waals surface area contributed by atoms with Crippen LogP contribution in [0.3, 0.4) is 0 Å². The molecule has 0 spiro atoms. The summed E-state index contributed by atoms with van der Waals surface area (Å²) in [5.41, 5.74) is 0. The van der Waals surface area contributed by atoms with Crippen molar-refractivity contribution in [2.45, 2.75) is 73.6 Å². The van der Waals surface area contributed by atoms with E-state index in [4.69, 9.17) is 0 Å². The summed E-state index contributed by atoms with van der Waals surface area (Å²) in [6.07, 6.45) is 6.91. The molecule has 0 aromatic heterocycles. The maximum Gasteiger partial charge on any atom is -0.0388 e. The largest absolute Gasteiger partial charge is 0.0651 e. The Morgan fingerprint density at radius 3 is 1.73 bits per heavy atom. The molecule has 0 saturated carbocycles. The first-order valence-corrected chi connectivity index (χ1v) is 7.06. The first-order chi connectivity index (χ1) is 7.06. The molecule has 0 aliphatic carbocycles. The van der Waals surface area contributed by atoms with Crippen LogP contribution in [0.1, 0.15) is 73.6 Å². The first kappa shape index (κ1) is 15.0. The van der Waals surface area contributed by atoms with Gasteiger partial charge in [0.1, 0.15) is 0 Å². The zero-order valence-electron chi connectivity index (χ0n) is 11.8. The smallest absolute Gasteiger partial charge is 0.0388 e. The van der Waals surface area contributed by atoms with Crippen molar-refractivity contribution in [1.29, 1.82) is 0 Å². The van der Waals surface area contributed by atoms with Crippen molar-refractivity contribution >= 4 is 0 Å². The summed E-state index contributed by atoms with van der Waals surface area (Å²) < 4.78 is 0. The molecule has 4 atom stereocenters. The number of rotatable bonds is 8. The monoisotopic (exact) mass is 212 g/mol. The standard InChI is InChI=1S/C15H32/c1-7-12(4)10-11-15(9-3)14(6)13(5)8-2/h12-15H,7-11H2,1-6H3. The fourth-order valence-corrected chi connectivity index (χ4v) is 2.38. The van der Waals surface area contributed by atoms with Gasteiger partial charge in [0.2, 0.25) is 0 Å². The van der Waals surface area contributed by atoms with E-state index in [1.54, 1.807) is 0 Å². The average Bonchev–Trinajstić information content (AvgIpc) is 2.27. The molecule has 15 heavy (non-hydrogen) atoms. The van der Waals surface area contributed by atoms with Gasteiger partial charge in [-0.1, -0.05) is 67.2 Å². The molecule has 0 rings (SSSR count). The van der Waals surface area contributed by atoms with Gasteiger partial charge in [-0.25, -0.2) is 0 Å². The van der Waals surface area contributed by atoms with E-state index in [0.717, 1.165) is 23.7 Å². The van der Waals surface area contributed by atoms with Crippen molar-refractivity contribution in [2.75, 3.05) is 0 Å². The van der Waals surface area contributed by atoms with Crippen LogP contribution in [-0.2, 0) is 0 Å². The average molecular weight is 212 g/mol. The lowest BCUT2D eigenvalue weighted by molar-refractivity contribution is 0.223. The molecule has 0 aliphatic rings. The van der Waals surface area contributed by atoms with Crippen molar-refractivity contribution in [3.63, 3.8) is 0 Å². The lowest BCUT2D eigenvalue weighted by atomic mass is 9.78. The van der Waals surface area contributed by atoms with E-state index in [-0.39, 0.29) is 0 Å². The van der Waals surface area contributed by atoms with Gasteiger partial charge in [-0.3, -0.25) is 0 Å². The van der Waals surface area contributed by atoms with Gasteiger partial charge < -0.3 is 0 Å². The van der Waals surface area contributed by atoms with E-state index in [2.05, 4.69) is 41.5 Å². The normalized spacial score (nSPS) is 19.6. The van der Waals surface area contributed by atoms with Crippen LogP contribution in [-0.4, -0.2) is 0 Å². The molecule has 0 nitrogen and oxygen atoms in total. The topological polar surface area (TPSA) is 0 Å². The minimum absolute atomic E-state index is 0.895. The second-order valence-corrected chi connectivity index (χ2v) is 5.50. The van der Waals surface area contributed by atoms with Gasteiger partial charge in [0, 0.05) is 0 Å². The summed E-state index contributed by atoms with van der Waals surface area (Å²) in [6, 6.07) is 0. The third kappa shape index (κ3) is 5.58. The minimum Gasteiger partial charge on any atom is -0.0651 e. The molecular weight excluding hydrogens is 180 g/mol. The second-order valence-electron chi connectivity index (χ2n) is 5.50. The lowest BCUT2D eigenvalue weighted by Gasteiger charge is -2.28. The molecule has 0 amide bonds. The van der Waals surface area contributed by atoms with Crippen molar-refractivity contribution in [3.8, 4) is 0 Å². The van der Waals surface area contributed by atoms with Gasteiger partial charge in [-0.05, 0) is 30.1 Å². The van der Waals surface area contributed by atoms with Crippen LogP contribution in [0.15, 0.2) is 0 Å². The van der Waals surface area contributed by atoms with E-state index < -0.39 is 0 Å². The Kier molecular flexibility index (Phi) is 8.19. The second kappa shape index (κ2) is 8.19. The predicted octanol–water partition coefficient (Wildman–Crippen LogP) is 5.52. The van der Waals surface area contributed by atoms with Gasteiger partial charge >= 0.3 is 0 Å². The fraction of sp³-hybridized carbons (Fsp3) is 1.00. The molecule has 0 saturated heterocycles. The van der Waals surface area contributed by atoms with Crippen LogP contribution in [0.5, 0.6) is 0 Å². The van der Waals surface area contributed by atoms with E-state index in [0.29, 0.717) is 0 Å². The Bertz CT molecular complexity index is 139. The number of hydrogen-bond donors (Lipinski definition) is 0. The minimum atomic E-state index is 0.895. The highest BCUT2D eigenvalue weighted by molar-refractivity contribution is 4.70. The SMILES string of the molecule is CCC(C)CCC(CC)C(C)C(C)CC. The molecule has 0 heterocycles. The summed E-state index contributed by atoms with van der Waals surface area (Å²) in [5, 5.41) is 0. The maximum atomic E-state index is 2.46. The molecule has 0 aromatic carbocycles. The van der Waals surface area contributed by atoms with Crippen LogP contribution in [0.2, 0.25) is 0 Å². The van der Waals surface area contributed by atoms with Crippen LogP contribution in [0.4, 0.5) is 0 Å². The first-order valence-electron chi connectivity index (χ1n) is 7.06. The van der Waals surface area contributed by atoms with Gasteiger partial charge in [0.15, 0.2) is 0 Å². The summed E-state index contributed by atoms with van der Waals surface area (Å²) in [6.45, 7) is 14.3. The van der Waals surface area contributed by atoms with Crippen molar-refractivity contribution < 1.29 is 0 Å². The fourth-order valence-electron chi connectivity index (χ4n) is 2.38. The predicted molar refractivity (Wildman–Crippen MR) is 71.1 cm³/mol. The molecule has 4 unspecified atom stereocenters. The number of hydrogen-bond acceptors (Lipinski definition) is 0. The molecule has 0 fully saturated rings. The van der Waals surface area contributed by atoms with Gasteiger partial charge in [-0.15, -0.1) is 0 Å². The summed E-state index contributed by atoms with van der Waals surface area (Å²) in [5.74, 6) is 3.67. The highest BCUT2D eigenvalue weighted by atomic mass is 14.3. The molecule has 0 N–H and O–H groups in total. The third-order valence-corrected chi connectivity index (χ3v) is 4.54. The van der Waals surface area contributed by atoms with Gasteiger partial charge in [0.05, 0.1) is 0 Å². The Labute approximate surface area is 97.8 Å². The van der Waals surface area contributed by atoms with Gasteiger partial charge in [0.25, 0.3) is 0 Å². The van der Waals surface area contributed by atoms with Crippen LogP contribution >= 0.6 is 0 Å².